The van der Waals surface area contributed by atoms with Gasteiger partial charge in [0.1, 0.15) is 0 Å². The highest BCUT2D eigenvalue weighted by Gasteiger charge is 2.17. The molecule has 0 unspecified atom stereocenters. The topological polar surface area (TPSA) is 44.4 Å². The minimum Gasteiger partial charge on any atom is -0.338 e. The summed E-state index contributed by atoms with van der Waals surface area (Å²) >= 11 is 11.7. The SMILES string of the molecule is CN1CCC[C@@H](CNC(=O)Nc2ccc(Cl)c(Cl)c2)C1. The van der Waals surface area contributed by atoms with Crippen LogP contribution in [0.15, 0.2) is 18.2 Å². The van der Waals surface area contributed by atoms with Crippen LogP contribution in [0.25, 0.3) is 0 Å². The van der Waals surface area contributed by atoms with Crippen LogP contribution in [0.2, 0.25) is 10.0 Å². The summed E-state index contributed by atoms with van der Waals surface area (Å²) in [5.41, 5.74) is 0.637. The molecule has 20 heavy (non-hydrogen) atoms. The molecule has 1 aliphatic heterocycles. The van der Waals surface area contributed by atoms with Gasteiger partial charge in [0.15, 0.2) is 0 Å². The molecule has 0 saturated carbocycles. The Labute approximate surface area is 129 Å². The molecule has 0 aromatic heterocycles. The minimum absolute atomic E-state index is 0.211. The van der Waals surface area contributed by atoms with Gasteiger partial charge < -0.3 is 15.5 Å². The summed E-state index contributed by atoms with van der Waals surface area (Å²) < 4.78 is 0. The van der Waals surface area contributed by atoms with Crippen LogP contribution in [-0.4, -0.2) is 37.6 Å². The molecule has 4 nitrogen and oxygen atoms in total. The number of carbonyl (C=O) groups excluding carboxylic acids is 1. The van der Waals surface area contributed by atoms with E-state index in [4.69, 9.17) is 23.2 Å². The molecule has 1 heterocycles. The lowest BCUT2D eigenvalue weighted by Gasteiger charge is -2.29. The number of nitrogens with zero attached hydrogens (tertiary/aromatic N) is 1. The number of piperidine rings is 1. The Bertz CT molecular complexity index is 481. The maximum Gasteiger partial charge on any atom is 0.319 e. The molecule has 2 N–H and O–H groups in total. The largest absolute Gasteiger partial charge is 0.338 e. The number of nitrogens with one attached hydrogen (secondary N) is 2. The number of anilines is 1. The van der Waals surface area contributed by atoms with E-state index in [1.807, 2.05) is 0 Å². The first-order valence-electron chi connectivity index (χ1n) is 6.73. The number of urea groups is 1. The van der Waals surface area contributed by atoms with Crippen LogP contribution < -0.4 is 10.6 Å². The Hall–Kier alpha value is -0.970. The van der Waals surface area contributed by atoms with E-state index in [0.29, 0.717) is 28.2 Å². The average molecular weight is 316 g/mol. The van der Waals surface area contributed by atoms with Gasteiger partial charge in [-0.1, -0.05) is 23.2 Å². The molecule has 1 aromatic carbocycles. The van der Waals surface area contributed by atoms with Crippen molar-refractivity contribution in [3.63, 3.8) is 0 Å². The molecule has 2 rings (SSSR count). The molecule has 1 atom stereocenters. The van der Waals surface area contributed by atoms with E-state index in [0.717, 1.165) is 19.5 Å². The third kappa shape index (κ3) is 4.54. The molecule has 0 radical (unpaired) electrons. The smallest absolute Gasteiger partial charge is 0.319 e. The highest BCUT2D eigenvalue weighted by atomic mass is 35.5. The predicted octanol–water partition coefficient (Wildman–Crippen LogP) is 3.46. The molecular formula is C14H19Cl2N3O. The number of likely N-dealkylation sites (tertiary alicyclic amines) is 1. The summed E-state index contributed by atoms with van der Waals surface area (Å²) in [5.74, 6) is 0.522. The maximum absolute atomic E-state index is 11.8. The van der Waals surface area contributed by atoms with Crippen molar-refractivity contribution < 1.29 is 4.79 Å². The van der Waals surface area contributed by atoms with Gasteiger partial charge in [0.05, 0.1) is 10.0 Å². The van der Waals surface area contributed by atoms with Gasteiger partial charge in [0.2, 0.25) is 0 Å². The monoisotopic (exact) mass is 315 g/mol. The summed E-state index contributed by atoms with van der Waals surface area (Å²) in [6.45, 7) is 2.87. The Morgan fingerprint density at radius 3 is 2.90 bits per heavy atom. The Balaban J connectivity index is 1.78. The van der Waals surface area contributed by atoms with Crippen molar-refractivity contribution in [1.29, 1.82) is 0 Å². The predicted molar refractivity (Wildman–Crippen MR) is 83.7 cm³/mol. The van der Waals surface area contributed by atoms with Crippen LogP contribution in [0, 0.1) is 5.92 Å². The van der Waals surface area contributed by atoms with Gasteiger partial charge >= 0.3 is 6.03 Å². The standard InChI is InChI=1S/C14H19Cl2N3O/c1-19-6-2-3-10(9-19)8-17-14(20)18-11-4-5-12(15)13(16)7-11/h4-5,7,10H,2-3,6,8-9H2,1H3,(H2,17,18,20)/t10-/m0/s1. The van der Waals surface area contributed by atoms with E-state index in [-0.39, 0.29) is 6.03 Å². The van der Waals surface area contributed by atoms with Crippen LogP contribution in [0.1, 0.15) is 12.8 Å². The highest BCUT2D eigenvalue weighted by Crippen LogP contribution is 2.24. The summed E-state index contributed by atoms with van der Waals surface area (Å²) in [7, 11) is 2.11. The molecule has 0 bridgehead atoms. The van der Waals surface area contributed by atoms with E-state index >= 15 is 0 Å². The maximum atomic E-state index is 11.8. The molecule has 1 saturated heterocycles. The fraction of sp³-hybridized carbons (Fsp3) is 0.500. The molecule has 110 valence electrons. The third-order valence-electron chi connectivity index (χ3n) is 3.45. The Morgan fingerprint density at radius 1 is 1.40 bits per heavy atom. The van der Waals surface area contributed by atoms with Crippen LogP contribution >= 0.6 is 23.2 Å². The molecule has 6 heteroatoms. The van der Waals surface area contributed by atoms with E-state index in [1.54, 1.807) is 18.2 Å². The molecule has 2 amide bonds. The summed E-state index contributed by atoms with van der Waals surface area (Å²) in [5, 5.41) is 6.56. The van der Waals surface area contributed by atoms with Gasteiger partial charge in [0.25, 0.3) is 0 Å². The van der Waals surface area contributed by atoms with Crippen LogP contribution in [0.3, 0.4) is 0 Å². The zero-order chi connectivity index (χ0) is 14.5. The number of halogens is 2. The second kappa shape index (κ2) is 7.16. The zero-order valence-corrected chi connectivity index (χ0v) is 13.0. The van der Waals surface area contributed by atoms with Gasteiger partial charge in [-0.2, -0.15) is 0 Å². The first-order valence-corrected chi connectivity index (χ1v) is 7.48. The van der Waals surface area contributed by atoms with E-state index in [1.165, 1.54) is 6.42 Å². The van der Waals surface area contributed by atoms with Crippen molar-refractivity contribution in [2.24, 2.45) is 5.92 Å². The second-order valence-corrected chi connectivity index (χ2v) is 6.05. The fourth-order valence-corrected chi connectivity index (χ4v) is 2.72. The van der Waals surface area contributed by atoms with Gasteiger partial charge in [-0.15, -0.1) is 0 Å². The first-order chi connectivity index (χ1) is 9.54. The van der Waals surface area contributed by atoms with Crippen LogP contribution in [0.5, 0.6) is 0 Å². The number of rotatable bonds is 3. The molecule has 0 spiro atoms. The Kier molecular flexibility index (Phi) is 5.52. The zero-order valence-electron chi connectivity index (χ0n) is 11.5. The lowest BCUT2D eigenvalue weighted by atomic mass is 9.99. The fourth-order valence-electron chi connectivity index (χ4n) is 2.43. The third-order valence-corrected chi connectivity index (χ3v) is 4.19. The van der Waals surface area contributed by atoms with Gasteiger partial charge in [-0.3, -0.25) is 0 Å². The van der Waals surface area contributed by atoms with Gasteiger partial charge in [0, 0.05) is 18.8 Å². The highest BCUT2D eigenvalue weighted by molar-refractivity contribution is 6.42. The summed E-state index contributed by atoms with van der Waals surface area (Å²) in [6, 6.07) is 4.81. The second-order valence-electron chi connectivity index (χ2n) is 5.23. The van der Waals surface area contributed by atoms with Crippen molar-refractivity contribution in [1.82, 2.24) is 10.2 Å². The number of carbonyl (C=O) groups is 1. The minimum atomic E-state index is -0.211. The Morgan fingerprint density at radius 2 is 2.20 bits per heavy atom. The van der Waals surface area contributed by atoms with Crippen molar-refractivity contribution in [3.8, 4) is 0 Å². The molecule has 1 fully saturated rings. The average Bonchev–Trinajstić information content (AvgIpc) is 2.41. The quantitative estimate of drug-likeness (QED) is 0.897. The summed E-state index contributed by atoms with van der Waals surface area (Å²) in [4.78, 5) is 14.1. The van der Waals surface area contributed by atoms with Crippen LogP contribution in [-0.2, 0) is 0 Å². The van der Waals surface area contributed by atoms with Crippen molar-refractivity contribution in [2.75, 3.05) is 32.0 Å². The molecule has 1 aliphatic rings. The van der Waals surface area contributed by atoms with Gasteiger partial charge in [-0.25, -0.2) is 4.79 Å². The summed E-state index contributed by atoms with van der Waals surface area (Å²) in [6.07, 6.45) is 2.36. The first kappa shape index (κ1) is 15.4. The number of benzene rings is 1. The number of hydrogen-bond donors (Lipinski definition) is 2. The molecule has 0 aliphatic carbocycles. The van der Waals surface area contributed by atoms with Crippen molar-refractivity contribution in [3.05, 3.63) is 28.2 Å². The number of amides is 2. The number of hydrogen-bond acceptors (Lipinski definition) is 2. The van der Waals surface area contributed by atoms with Crippen molar-refractivity contribution >= 4 is 34.9 Å². The molecular weight excluding hydrogens is 297 g/mol. The molecule has 1 aromatic rings. The lowest BCUT2D eigenvalue weighted by molar-refractivity contribution is 0.204. The lowest BCUT2D eigenvalue weighted by Crippen LogP contribution is -2.40. The van der Waals surface area contributed by atoms with E-state index in [2.05, 4.69) is 22.6 Å². The van der Waals surface area contributed by atoms with E-state index in [9.17, 15) is 4.79 Å². The van der Waals surface area contributed by atoms with Crippen molar-refractivity contribution in [2.45, 2.75) is 12.8 Å². The van der Waals surface area contributed by atoms with E-state index < -0.39 is 0 Å². The van der Waals surface area contributed by atoms with Crippen LogP contribution in [0.4, 0.5) is 10.5 Å². The normalized spacial score (nSPS) is 19.6. The van der Waals surface area contributed by atoms with Gasteiger partial charge in [-0.05, 0) is 50.6 Å².